The smallest absolute Gasteiger partial charge is 0.224 e. The van der Waals surface area contributed by atoms with E-state index in [9.17, 15) is 4.79 Å². The minimum absolute atomic E-state index is 0.0766. The lowest BCUT2D eigenvalue weighted by atomic mass is 9.97. The van der Waals surface area contributed by atoms with Crippen LogP contribution in [0, 0.1) is 5.92 Å². The van der Waals surface area contributed by atoms with E-state index >= 15 is 0 Å². The second kappa shape index (κ2) is 9.15. The van der Waals surface area contributed by atoms with E-state index in [1.807, 2.05) is 24.4 Å². The summed E-state index contributed by atoms with van der Waals surface area (Å²) in [5.41, 5.74) is 0. The Hall–Kier alpha value is -1.66. The average Bonchev–Trinajstić information content (AvgIpc) is 2.69. The van der Waals surface area contributed by atoms with E-state index in [1.54, 1.807) is 0 Å². The summed E-state index contributed by atoms with van der Waals surface area (Å²) in [6, 6.07) is 5.96. The minimum Gasteiger partial charge on any atom is -0.356 e. The van der Waals surface area contributed by atoms with Crippen molar-refractivity contribution in [1.82, 2.24) is 20.1 Å². The van der Waals surface area contributed by atoms with Crippen LogP contribution in [0.15, 0.2) is 24.4 Å². The highest BCUT2D eigenvalue weighted by molar-refractivity contribution is 5.79. The third-order valence-electron chi connectivity index (χ3n) is 5.40. The van der Waals surface area contributed by atoms with Crippen LogP contribution in [0.5, 0.6) is 0 Å². The van der Waals surface area contributed by atoms with E-state index in [-0.39, 0.29) is 11.8 Å². The number of hydrogen-bond donors (Lipinski definition) is 1. The number of carbonyl (C=O) groups excluding carboxylic acids is 1. The molecule has 3 heterocycles. The largest absolute Gasteiger partial charge is 0.356 e. The van der Waals surface area contributed by atoms with Gasteiger partial charge in [0.05, 0.1) is 5.92 Å². The second-order valence-electron chi connectivity index (χ2n) is 7.04. The van der Waals surface area contributed by atoms with Gasteiger partial charge in [-0.15, -0.1) is 0 Å². The van der Waals surface area contributed by atoms with E-state index in [4.69, 9.17) is 0 Å². The molecule has 2 aliphatic heterocycles. The van der Waals surface area contributed by atoms with Gasteiger partial charge in [-0.1, -0.05) is 13.0 Å². The van der Waals surface area contributed by atoms with Crippen molar-refractivity contribution in [2.75, 3.05) is 63.8 Å². The third kappa shape index (κ3) is 5.16. The van der Waals surface area contributed by atoms with Gasteiger partial charge in [0.15, 0.2) is 0 Å². The highest BCUT2D eigenvalue weighted by Gasteiger charge is 2.26. The fraction of sp³-hybridized carbons (Fsp3) is 0.684. The Bertz CT molecular complexity index is 530. The van der Waals surface area contributed by atoms with Crippen LogP contribution in [0.25, 0.3) is 0 Å². The zero-order valence-electron chi connectivity index (χ0n) is 15.4. The lowest BCUT2D eigenvalue weighted by Crippen LogP contribution is -2.49. The molecular formula is C19H31N5O. The van der Waals surface area contributed by atoms with E-state index in [1.165, 1.54) is 0 Å². The predicted molar refractivity (Wildman–Crippen MR) is 101 cm³/mol. The fourth-order valence-electron chi connectivity index (χ4n) is 3.75. The molecule has 0 aliphatic carbocycles. The van der Waals surface area contributed by atoms with Crippen molar-refractivity contribution in [2.45, 2.75) is 19.8 Å². The molecule has 1 aromatic rings. The van der Waals surface area contributed by atoms with Crippen molar-refractivity contribution in [1.29, 1.82) is 0 Å². The lowest BCUT2D eigenvalue weighted by molar-refractivity contribution is -0.125. The first kappa shape index (κ1) is 18.1. The molecule has 0 radical (unpaired) electrons. The summed E-state index contributed by atoms with van der Waals surface area (Å²) in [6.07, 6.45) is 3.84. The molecule has 0 saturated carbocycles. The molecule has 1 amide bonds. The number of rotatable bonds is 6. The highest BCUT2D eigenvalue weighted by atomic mass is 16.1. The molecule has 25 heavy (non-hydrogen) atoms. The Kier molecular flexibility index (Phi) is 6.64. The molecule has 2 aliphatic rings. The highest BCUT2D eigenvalue weighted by Crippen LogP contribution is 2.21. The number of carbonyl (C=O) groups is 1. The van der Waals surface area contributed by atoms with Gasteiger partial charge in [0.2, 0.25) is 5.91 Å². The quantitative estimate of drug-likeness (QED) is 0.835. The Morgan fingerprint density at radius 1 is 1.20 bits per heavy atom. The molecule has 1 atom stereocenters. The first-order chi connectivity index (χ1) is 12.3. The molecule has 2 saturated heterocycles. The number of pyridine rings is 1. The first-order valence-electron chi connectivity index (χ1n) is 9.64. The van der Waals surface area contributed by atoms with Crippen LogP contribution in [0.1, 0.15) is 19.8 Å². The van der Waals surface area contributed by atoms with Gasteiger partial charge in [-0.3, -0.25) is 9.69 Å². The normalized spacial score (nSPS) is 22.8. The van der Waals surface area contributed by atoms with E-state index in [2.05, 4.69) is 31.9 Å². The molecule has 0 bridgehead atoms. The summed E-state index contributed by atoms with van der Waals surface area (Å²) >= 11 is 0. The standard InChI is InChI=1S/C19H31N5O/c1-2-22-12-14-23(15-13-22)11-9-21-19(25)17-6-5-10-24(16-17)18-7-3-4-8-20-18/h3-4,7-8,17H,2,5-6,9-16H2,1H3,(H,21,25)/t17-/m1/s1. The van der Waals surface area contributed by atoms with Crippen molar-refractivity contribution in [2.24, 2.45) is 5.92 Å². The predicted octanol–water partition coefficient (Wildman–Crippen LogP) is 1.05. The van der Waals surface area contributed by atoms with Crippen LogP contribution < -0.4 is 10.2 Å². The summed E-state index contributed by atoms with van der Waals surface area (Å²) in [7, 11) is 0. The maximum absolute atomic E-state index is 12.5. The van der Waals surface area contributed by atoms with Crippen molar-refractivity contribution >= 4 is 11.7 Å². The van der Waals surface area contributed by atoms with Crippen LogP contribution in [-0.4, -0.2) is 79.6 Å². The molecule has 3 rings (SSSR count). The van der Waals surface area contributed by atoms with E-state index < -0.39 is 0 Å². The van der Waals surface area contributed by atoms with Gasteiger partial charge in [0, 0.05) is 58.6 Å². The van der Waals surface area contributed by atoms with Gasteiger partial charge >= 0.3 is 0 Å². The van der Waals surface area contributed by atoms with Crippen LogP contribution >= 0.6 is 0 Å². The Morgan fingerprint density at radius 3 is 2.72 bits per heavy atom. The number of piperazine rings is 1. The summed E-state index contributed by atoms with van der Waals surface area (Å²) in [5, 5.41) is 3.16. The SMILES string of the molecule is CCN1CCN(CCNC(=O)[C@@H]2CCCN(c3ccccn3)C2)CC1. The molecule has 2 fully saturated rings. The molecule has 0 aromatic carbocycles. The monoisotopic (exact) mass is 345 g/mol. The fourth-order valence-corrected chi connectivity index (χ4v) is 3.75. The zero-order chi connectivity index (χ0) is 17.5. The average molecular weight is 345 g/mol. The zero-order valence-corrected chi connectivity index (χ0v) is 15.4. The number of amides is 1. The molecule has 138 valence electrons. The number of likely N-dealkylation sites (N-methyl/N-ethyl adjacent to an activating group) is 1. The topological polar surface area (TPSA) is 51.7 Å². The van der Waals surface area contributed by atoms with Crippen molar-refractivity contribution in [3.05, 3.63) is 24.4 Å². The van der Waals surface area contributed by atoms with Crippen molar-refractivity contribution < 1.29 is 4.79 Å². The van der Waals surface area contributed by atoms with Gasteiger partial charge in [-0.05, 0) is 31.5 Å². The lowest BCUT2D eigenvalue weighted by Gasteiger charge is -2.34. The van der Waals surface area contributed by atoms with Crippen LogP contribution in [0.3, 0.4) is 0 Å². The molecular weight excluding hydrogens is 314 g/mol. The summed E-state index contributed by atoms with van der Waals surface area (Å²) in [5.74, 6) is 1.26. The number of piperidine rings is 1. The maximum atomic E-state index is 12.5. The van der Waals surface area contributed by atoms with Crippen LogP contribution in [-0.2, 0) is 4.79 Å². The maximum Gasteiger partial charge on any atom is 0.224 e. The van der Waals surface area contributed by atoms with E-state index in [0.29, 0.717) is 0 Å². The first-order valence-corrected chi connectivity index (χ1v) is 9.64. The second-order valence-corrected chi connectivity index (χ2v) is 7.04. The van der Waals surface area contributed by atoms with Crippen molar-refractivity contribution in [3.63, 3.8) is 0 Å². The summed E-state index contributed by atoms with van der Waals surface area (Å²) in [4.78, 5) is 24.1. The summed E-state index contributed by atoms with van der Waals surface area (Å²) in [6.45, 7) is 11.3. The Morgan fingerprint density at radius 2 is 2.00 bits per heavy atom. The van der Waals surface area contributed by atoms with Gasteiger partial charge in [-0.2, -0.15) is 0 Å². The molecule has 0 unspecified atom stereocenters. The Balaban J connectivity index is 1.39. The number of anilines is 1. The number of nitrogens with zero attached hydrogens (tertiary/aromatic N) is 4. The van der Waals surface area contributed by atoms with E-state index in [0.717, 1.165) is 77.6 Å². The summed E-state index contributed by atoms with van der Waals surface area (Å²) < 4.78 is 0. The van der Waals surface area contributed by atoms with Crippen molar-refractivity contribution in [3.8, 4) is 0 Å². The minimum atomic E-state index is 0.0766. The van der Waals surface area contributed by atoms with Gasteiger partial charge < -0.3 is 15.1 Å². The van der Waals surface area contributed by atoms with Gasteiger partial charge in [-0.25, -0.2) is 4.98 Å². The number of hydrogen-bond acceptors (Lipinski definition) is 5. The molecule has 1 aromatic heterocycles. The third-order valence-corrected chi connectivity index (χ3v) is 5.40. The number of aromatic nitrogens is 1. The molecule has 6 heteroatoms. The molecule has 6 nitrogen and oxygen atoms in total. The molecule has 0 spiro atoms. The molecule has 1 N–H and O–H groups in total. The van der Waals surface area contributed by atoms with Gasteiger partial charge in [0.25, 0.3) is 0 Å². The van der Waals surface area contributed by atoms with Gasteiger partial charge in [0.1, 0.15) is 5.82 Å². The van der Waals surface area contributed by atoms with Crippen LogP contribution in [0.2, 0.25) is 0 Å². The number of nitrogens with one attached hydrogen (secondary N) is 1. The van der Waals surface area contributed by atoms with Crippen LogP contribution in [0.4, 0.5) is 5.82 Å². The Labute approximate surface area is 151 Å².